The third-order valence-electron chi connectivity index (χ3n) is 2.92. The minimum absolute atomic E-state index is 0.0000630. The Balaban J connectivity index is 2.05. The molecule has 5 heteroatoms. The van der Waals surface area contributed by atoms with Gasteiger partial charge in [0.1, 0.15) is 17.4 Å². The fourth-order valence-corrected chi connectivity index (χ4v) is 2.07. The van der Waals surface area contributed by atoms with Crippen molar-refractivity contribution in [3.63, 3.8) is 0 Å². The number of halogens is 3. The average molecular weight is 312 g/mol. The van der Waals surface area contributed by atoms with E-state index in [-0.39, 0.29) is 12.1 Å². The molecular weight excluding hydrogens is 296 g/mol. The maximum Gasteiger partial charge on any atom is 0.138 e. The topological polar surface area (TPSA) is 21.3 Å². The van der Waals surface area contributed by atoms with Gasteiger partial charge in [-0.1, -0.05) is 24.6 Å². The predicted octanol–water partition coefficient (Wildman–Crippen LogP) is 5.02. The van der Waals surface area contributed by atoms with Crippen LogP contribution in [0, 0.1) is 11.6 Å². The minimum atomic E-state index is -0.573. The first-order valence-electron chi connectivity index (χ1n) is 6.71. The van der Waals surface area contributed by atoms with Gasteiger partial charge in [-0.2, -0.15) is 0 Å². The summed E-state index contributed by atoms with van der Waals surface area (Å²) in [6.07, 6.45) is 0.892. The SMILES string of the molecule is CCCOc1ccc(NCc2c(F)cccc2F)cc1Cl. The van der Waals surface area contributed by atoms with E-state index in [1.807, 2.05) is 6.92 Å². The largest absolute Gasteiger partial charge is 0.492 e. The molecule has 0 bridgehead atoms. The highest BCUT2D eigenvalue weighted by Gasteiger charge is 2.08. The van der Waals surface area contributed by atoms with Crippen LogP contribution in [-0.4, -0.2) is 6.61 Å². The van der Waals surface area contributed by atoms with E-state index in [9.17, 15) is 8.78 Å². The second-order valence-corrected chi connectivity index (χ2v) is 4.95. The minimum Gasteiger partial charge on any atom is -0.492 e. The van der Waals surface area contributed by atoms with Crippen LogP contribution in [0.3, 0.4) is 0 Å². The van der Waals surface area contributed by atoms with E-state index in [0.29, 0.717) is 23.1 Å². The molecule has 2 aromatic rings. The lowest BCUT2D eigenvalue weighted by molar-refractivity contribution is 0.317. The van der Waals surface area contributed by atoms with Gasteiger partial charge in [-0.05, 0) is 36.8 Å². The average Bonchev–Trinajstić information content (AvgIpc) is 2.46. The van der Waals surface area contributed by atoms with Crippen LogP contribution in [0.25, 0.3) is 0 Å². The van der Waals surface area contributed by atoms with Crippen LogP contribution in [0.1, 0.15) is 18.9 Å². The Morgan fingerprint density at radius 1 is 1.14 bits per heavy atom. The summed E-state index contributed by atoms with van der Waals surface area (Å²) < 4.78 is 32.5. The highest BCUT2D eigenvalue weighted by molar-refractivity contribution is 6.32. The van der Waals surface area contributed by atoms with E-state index in [4.69, 9.17) is 16.3 Å². The molecule has 112 valence electrons. The second-order valence-electron chi connectivity index (χ2n) is 4.55. The predicted molar refractivity (Wildman–Crippen MR) is 80.9 cm³/mol. The molecule has 0 unspecified atom stereocenters. The molecule has 0 amide bonds. The number of hydrogen-bond donors (Lipinski definition) is 1. The lowest BCUT2D eigenvalue weighted by Crippen LogP contribution is -2.04. The summed E-state index contributed by atoms with van der Waals surface area (Å²) in [7, 11) is 0. The van der Waals surface area contributed by atoms with Crippen molar-refractivity contribution in [1.29, 1.82) is 0 Å². The number of benzene rings is 2. The van der Waals surface area contributed by atoms with Gasteiger partial charge in [-0.15, -0.1) is 0 Å². The Morgan fingerprint density at radius 2 is 1.86 bits per heavy atom. The van der Waals surface area contributed by atoms with E-state index >= 15 is 0 Å². The lowest BCUT2D eigenvalue weighted by Gasteiger charge is -2.11. The number of anilines is 1. The van der Waals surface area contributed by atoms with Crippen LogP contribution < -0.4 is 10.1 Å². The Bertz CT molecular complexity index is 599. The number of nitrogens with one attached hydrogen (secondary N) is 1. The summed E-state index contributed by atoms with van der Waals surface area (Å²) in [5.41, 5.74) is 0.673. The summed E-state index contributed by atoms with van der Waals surface area (Å²) in [5, 5.41) is 3.41. The molecule has 0 heterocycles. The van der Waals surface area contributed by atoms with E-state index in [1.54, 1.807) is 18.2 Å². The molecule has 0 saturated heterocycles. The van der Waals surface area contributed by atoms with Crippen LogP contribution in [0.2, 0.25) is 5.02 Å². The van der Waals surface area contributed by atoms with Gasteiger partial charge >= 0.3 is 0 Å². The maximum absolute atomic E-state index is 13.5. The molecule has 2 rings (SSSR count). The Hall–Kier alpha value is -1.81. The highest BCUT2D eigenvalue weighted by atomic mass is 35.5. The zero-order valence-electron chi connectivity index (χ0n) is 11.6. The van der Waals surface area contributed by atoms with Crippen molar-refractivity contribution >= 4 is 17.3 Å². The van der Waals surface area contributed by atoms with Crippen molar-refractivity contribution in [2.45, 2.75) is 19.9 Å². The Morgan fingerprint density at radius 3 is 2.48 bits per heavy atom. The fraction of sp³-hybridized carbons (Fsp3) is 0.250. The quantitative estimate of drug-likeness (QED) is 0.809. The van der Waals surface area contributed by atoms with Crippen molar-refractivity contribution in [2.75, 3.05) is 11.9 Å². The van der Waals surface area contributed by atoms with Crippen LogP contribution in [0.5, 0.6) is 5.75 Å². The van der Waals surface area contributed by atoms with Crippen molar-refractivity contribution in [1.82, 2.24) is 0 Å². The van der Waals surface area contributed by atoms with Gasteiger partial charge in [-0.25, -0.2) is 8.78 Å². The summed E-state index contributed by atoms with van der Waals surface area (Å²) in [5.74, 6) is -0.547. The summed E-state index contributed by atoms with van der Waals surface area (Å²) in [6, 6.07) is 8.97. The lowest BCUT2D eigenvalue weighted by atomic mass is 10.2. The molecule has 1 N–H and O–H groups in total. The van der Waals surface area contributed by atoms with Gasteiger partial charge in [0.05, 0.1) is 11.6 Å². The number of ether oxygens (including phenoxy) is 1. The van der Waals surface area contributed by atoms with Gasteiger partial charge in [0.15, 0.2) is 0 Å². The molecule has 0 radical (unpaired) electrons. The molecule has 2 nitrogen and oxygen atoms in total. The molecule has 0 spiro atoms. The highest BCUT2D eigenvalue weighted by Crippen LogP contribution is 2.28. The molecule has 21 heavy (non-hydrogen) atoms. The van der Waals surface area contributed by atoms with E-state index in [2.05, 4.69) is 5.32 Å². The number of hydrogen-bond acceptors (Lipinski definition) is 2. The molecule has 0 saturated carbocycles. The van der Waals surface area contributed by atoms with Crippen LogP contribution in [0.4, 0.5) is 14.5 Å². The second kappa shape index (κ2) is 7.27. The van der Waals surface area contributed by atoms with E-state index in [0.717, 1.165) is 6.42 Å². The van der Waals surface area contributed by atoms with Crippen molar-refractivity contribution in [2.24, 2.45) is 0 Å². The van der Waals surface area contributed by atoms with Gasteiger partial charge in [0.25, 0.3) is 0 Å². The Kier molecular flexibility index (Phi) is 5.39. The van der Waals surface area contributed by atoms with Gasteiger partial charge in [0.2, 0.25) is 0 Å². The van der Waals surface area contributed by atoms with Crippen LogP contribution in [0.15, 0.2) is 36.4 Å². The van der Waals surface area contributed by atoms with Crippen molar-refractivity contribution < 1.29 is 13.5 Å². The monoisotopic (exact) mass is 311 g/mol. The van der Waals surface area contributed by atoms with Gasteiger partial charge < -0.3 is 10.1 Å². The summed E-state index contributed by atoms with van der Waals surface area (Å²) in [6.45, 7) is 2.64. The first kappa shape index (κ1) is 15.6. The van der Waals surface area contributed by atoms with E-state index < -0.39 is 11.6 Å². The standard InChI is InChI=1S/C16H16ClF2NO/c1-2-8-21-16-7-6-11(9-13(16)17)20-10-12-14(18)4-3-5-15(12)19/h3-7,9,20H,2,8,10H2,1H3. The molecule has 0 aliphatic rings. The molecule has 0 fully saturated rings. The van der Waals surface area contributed by atoms with E-state index in [1.165, 1.54) is 18.2 Å². The van der Waals surface area contributed by atoms with Gasteiger partial charge in [-0.3, -0.25) is 0 Å². The van der Waals surface area contributed by atoms with Gasteiger partial charge in [0, 0.05) is 17.8 Å². The molecule has 0 atom stereocenters. The van der Waals surface area contributed by atoms with Crippen molar-refractivity contribution in [3.8, 4) is 5.75 Å². The summed E-state index contributed by atoms with van der Waals surface area (Å²) >= 11 is 6.10. The first-order chi connectivity index (χ1) is 10.1. The van der Waals surface area contributed by atoms with Crippen molar-refractivity contribution in [3.05, 3.63) is 58.6 Å². The van der Waals surface area contributed by atoms with Crippen LogP contribution >= 0.6 is 11.6 Å². The fourth-order valence-electron chi connectivity index (χ4n) is 1.83. The normalized spacial score (nSPS) is 10.5. The summed E-state index contributed by atoms with van der Waals surface area (Å²) in [4.78, 5) is 0. The maximum atomic E-state index is 13.5. The molecule has 0 aliphatic carbocycles. The zero-order valence-corrected chi connectivity index (χ0v) is 12.4. The zero-order chi connectivity index (χ0) is 15.2. The number of rotatable bonds is 6. The molecule has 2 aromatic carbocycles. The van der Waals surface area contributed by atoms with Crippen LogP contribution in [-0.2, 0) is 6.54 Å². The third-order valence-corrected chi connectivity index (χ3v) is 3.22. The molecule has 0 aliphatic heterocycles. The third kappa shape index (κ3) is 4.08. The molecular formula is C16H16ClF2NO. The smallest absolute Gasteiger partial charge is 0.138 e. The molecule has 0 aromatic heterocycles. The Labute approximate surface area is 127 Å². The first-order valence-corrected chi connectivity index (χ1v) is 7.08.